The minimum Gasteiger partial charge on any atom is -0.377 e. The van der Waals surface area contributed by atoms with Gasteiger partial charge in [0.15, 0.2) is 0 Å². The van der Waals surface area contributed by atoms with Gasteiger partial charge < -0.3 is 13.3 Å². The summed E-state index contributed by atoms with van der Waals surface area (Å²) >= 11 is 0. The van der Waals surface area contributed by atoms with Crippen LogP contribution in [0.1, 0.15) is 0 Å². The molecule has 0 saturated carbocycles. The van der Waals surface area contributed by atoms with E-state index in [0.717, 1.165) is 0 Å². The molecule has 0 spiro atoms. The molecule has 0 heterocycles. The van der Waals surface area contributed by atoms with E-state index in [0.29, 0.717) is 0 Å². The molecule has 0 unspecified atom stereocenters. The molecule has 0 aromatic rings. The van der Waals surface area contributed by atoms with E-state index in [1.807, 2.05) is 6.55 Å². The lowest BCUT2D eigenvalue weighted by molar-refractivity contribution is 0.132. The van der Waals surface area contributed by atoms with E-state index in [1.54, 1.807) is 21.3 Å². The molecule has 0 N–H and O–H groups in total. The molecule has 54 valence electrons. The van der Waals surface area contributed by atoms with Crippen LogP contribution in [0.15, 0.2) is 0 Å². The molecule has 0 atom stereocenters. The fourth-order valence-corrected chi connectivity index (χ4v) is 0.750. The summed E-state index contributed by atoms with van der Waals surface area (Å²) in [6, 6.07) is 0. The van der Waals surface area contributed by atoms with Crippen molar-refractivity contribution in [3.8, 4) is 0 Å². The van der Waals surface area contributed by atoms with E-state index in [-0.39, 0.29) is 11.0 Å². The standard InChI is InChI=1S/C4H12O3Si.Si/c1-5-8(4,6-2)7-3;/h1-4H3;. The second-order valence-electron chi connectivity index (χ2n) is 1.47. The van der Waals surface area contributed by atoms with Crippen LogP contribution >= 0.6 is 0 Å². The van der Waals surface area contributed by atoms with Crippen LogP contribution in [0.3, 0.4) is 0 Å². The van der Waals surface area contributed by atoms with Crippen molar-refractivity contribution in [2.45, 2.75) is 6.55 Å². The van der Waals surface area contributed by atoms with Gasteiger partial charge in [-0.3, -0.25) is 0 Å². The van der Waals surface area contributed by atoms with Crippen molar-refractivity contribution >= 4 is 19.8 Å². The van der Waals surface area contributed by atoms with Gasteiger partial charge >= 0.3 is 8.80 Å². The molecule has 0 amide bonds. The first-order valence-corrected chi connectivity index (χ1v) is 4.56. The van der Waals surface area contributed by atoms with Gasteiger partial charge in [0.25, 0.3) is 0 Å². The number of hydrogen-bond acceptors (Lipinski definition) is 3. The Morgan fingerprint density at radius 1 is 0.889 bits per heavy atom. The molecule has 0 rings (SSSR count). The van der Waals surface area contributed by atoms with E-state index in [9.17, 15) is 0 Å². The van der Waals surface area contributed by atoms with Crippen molar-refractivity contribution in [2.24, 2.45) is 0 Å². The Bertz CT molecular complexity index is 56.6. The molecular weight excluding hydrogens is 152 g/mol. The van der Waals surface area contributed by atoms with Crippen molar-refractivity contribution in [3.63, 3.8) is 0 Å². The first kappa shape index (κ1) is 12.0. The fourth-order valence-electron chi connectivity index (χ4n) is 0.250. The molecule has 0 aromatic carbocycles. The Hall–Kier alpha value is 0.314. The van der Waals surface area contributed by atoms with Gasteiger partial charge in [-0.25, -0.2) is 0 Å². The zero-order valence-corrected chi connectivity index (χ0v) is 8.22. The van der Waals surface area contributed by atoms with Crippen LogP contribution in [0, 0.1) is 0 Å². The number of hydrogen-bond donors (Lipinski definition) is 0. The highest BCUT2D eigenvalue weighted by Gasteiger charge is 2.29. The van der Waals surface area contributed by atoms with Gasteiger partial charge in [0.2, 0.25) is 0 Å². The molecular formula is C4H12O3Si2. The highest BCUT2D eigenvalue weighted by Crippen LogP contribution is 2.02. The lowest BCUT2D eigenvalue weighted by Gasteiger charge is -2.18. The van der Waals surface area contributed by atoms with Crippen LogP contribution in [0.25, 0.3) is 0 Å². The fraction of sp³-hybridized carbons (Fsp3) is 1.00. The Labute approximate surface area is 61.7 Å². The Kier molecular flexibility index (Phi) is 6.86. The third-order valence-electron chi connectivity index (χ3n) is 1.11. The Morgan fingerprint density at radius 2 is 1.11 bits per heavy atom. The van der Waals surface area contributed by atoms with Crippen LogP contribution in [-0.2, 0) is 13.3 Å². The molecule has 0 aromatic heterocycles. The molecule has 0 fully saturated rings. The highest BCUT2D eigenvalue weighted by molar-refractivity contribution is 6.58. The topological polar surface area (TPSA) is 27.7 Å². The van der Waals surface area contributed by atoms with Gasteiger partial charge in [0, 0.05) is 38.8 Å². The minimum absolute atomic E-state index is 0. The Balaban J connectivity index is 0. The summed E-state index contributed by atoms with van der Waals surface area (Å²) in [4.78, 5) is 0. The van der Waals surface area contributed by atoms with Gasteiger partial charge in [-0.15, -0.1) is 0 Å². The van der Waals surface area contributed by atoms with E-state index in [2.05, 4.69) is 0 Å². The lowest BCUT2D eigenvalue weighted by atomic mass is 11.8. The molecule has 0 saturated heterocycles. The molecule has 5 heteroatoms. The third-order valence-corrected chi connectivity index (χ3v) is 3.34. The molecule has 0 aliphatic carbocycles. The maximum atomic E-state index is 4.93. The largest absolute Gasteiger partial charge is 0.496 e. The summed E-state index contributed by atoms with van der Waals surface area (Å²) in [5, 5.41) is 0. The maximum absolute atomic E-state index is 4.93. The second kappa shape index (κ2) is 5.13. The normalized spacial score (nSPS) is 10.7. The molecule has 4 radical (unpaired) electrons. The van der Waals surface area contributed by atoms with Crippen molar-refractivity contribution in [2.75, 3.05) is 21.3 Å². The van der Waals surface area contributed by atoms with E-state index >= 15 is 0 Å². The predicted molar refractivity (Wildman–Crippen MR) is 38.4 cm³/mol. The minimum atomic E-state index is -2.17. The van der Waals surface area contributed by atoms with Crippen molar-refractivity contribution < 1.29 is 13.3 Å². The summed E-state index contributed by atoms with van der Waals surface area (Å²) in [7, 11) is 2.58. The SMILES string of the molecule is CO[Si](C)(OC)OC.[Si]. The molecule has 9 heavy (non-hydrogen) atoms. The average molecular weight is 164 g/mol. The van der Waals surface area contributed by atoms with E-state index < -0.39 is 8.80 Å². The van der Waals surface area contributed by atoms with Crippen LogP contribution in [0.2, 0.25) is 6.55 Å². The lowest BCUT2D eigenvalue weighted by Crippen LogP contribution is -2.38. The maximum Gasteiger partial charge on any atom is 0.496 e. The summed E-state index contributed by atoms with van der Waals surface area (Å²) in [5.41, 5.74) is 0. The van der Waals surface area contributed by atoms with Crippen LogP contribution in [0.4, 0.5) is 0 Å². The molecule has 0 bridgehead atoms. The van der Waals surface area contributed by atoms with Gasteiger partial charge in [-0.2, -0.15) is 0 Å². The van der Waals surface area contributed by atoms with Crippen molar-refractivity contribution in [3.05, 3.63) is 0 Å². The monoisotopic (exact) mass is 164 g/mol. The van der Waals surface area contributed by atoms with Crippen LogP contribution < -0.4 is 0 Å². The zero-order valence-electron chi connectivity index (χ0n) is 6.22. The van der Waals surface area contributed by atoms with E-state index in [1.165, 1.54) is 0 Å². The summed E-state index contributed by atoms with van der Waals surface area (Å²) in [6.07, 6.45) is 0. The third kappa shape index (κ3) is 3.82. The quantitative estimate of drug-likeness (QED) is 0.554. The summed E-state index contributed by atoms with van der Waals surface area (Å²) in [5.74, 6) is 0. The first-order chi connectivity index (χ1) is 3.68. The van der Waals surface area contributed by atoms with Crippen LogP contribution in [-0.4, -0.2) is 41.1 Å². The highest BCUT2D eigenvalue weighted by atomic mass is 28.4. The van der Waals surface area contributed by atoms with Gasteiger partial charge in [0.05, 0.1) is 0 Å². The van der Waals surface area contributed by atoms with Crippen molar-refractivity contribution in [1.82, 2.24) is 0 Å². The second-order valence-corrected chi connectivity index (χ2v) is 4.42. The summed E-state index contributed by atoms with van der Waals surface area (Å²) < 4.78 is 14.8. The zero-order chi connectivity index (χ0) is 6.62. The van der Waals surface area contributed by atoms with Gasteiger partial charge in [-0.1, -0.05) is 0 Å². The first-order valence-electron chi connectivity index (χ1n) is 2.34. The smallest absolute Gasteiger partial charge is 0.377 e. The van der Waals surface area contributed by atoms with Crippen LogP contribution in [0.5, 0.6) is 0 Å². The summed E-state index contributed by atoms with van der Waals surface area (Å²) in [6.45, 7) is 1.83. The van der Waals surface area contributed by atoms with Gasteiger partial charge in [-0.05, 0) is 0 Å². The van der Waals surface area contributed by atoms with Gasteiger partial charge in [0.1, 0.15) is 0 Å². The van der Waals surface area contributed by atoms with E-state index in [4.69, 9.17) is 13.3 Å². The van der Waals surface area contributed by atoms with Crippen molar-refractivity contribution in [1.29, 1.82) is 0 Å². The predicted octanol–water partition coefficient (Wildman–Crippen LogP) is 0.113. The number of rotatable bonds is 3. The average Bonchev–Trinajstić information content (AvgIpc) is 1.87. The Morgan fingerprint density at radius 3 is 1.11 bits per heavy atom. The molecule has 0 aliphatic rings. The molecule has 3 nitrogen and oxygen atoms in total. The molecule has 0 aliphatic heterocycles.